The van der Waals surface area contributed by atoms with Gasteiger partial charge in [0.05, 0.1) is 11.9 Å². The Morgan fingerprint density at radius 3 is 2.40 bits per heavy atom. The van der Waals surface area contributed by atoms with E-state index in [4.69, 9.17) is 4.74 Å². The third kappa shape index (κ3) is 3.43. The van der Waals surface area contributed by atoms with Gasteiger partial charge in [-0.25, -0.2) is 4.39 Å². The molecule has 2 aromatic carbocycles. The van der Waals surface area contributed by atoms with Crippen LogP contribution in [-0.2, 0) is 0 Å². The zero-order valence-corrected chi connectivity index (χ0v) is 15.6. The van der Waals surface area contributed by atoms with Gasteiger partial charge in [0.2, 0.25) is 0 Å². The van der Waals surface area contributed by atoms with E-state index in [9.17, 15) is 4.39 Å². The minimum Gasteiger partial charge on any atom is -0.496 e. The maximum Gasteiger partial charge on any atom is 0.124 e. The van der Waals surface area contributed by atoms with Crippen LogP contribution in [0.5, 0.6) is 5.75 Å². The molecule has 0 fully saturated rings. The summed E-state index contributed by atoms with van der Waals surface area (Å²) in [6, 6.07) is 8.78. The molecule has 0 radical (unpaired) electrons. The molecule has 0 heterocycles. The van der Waals surface area contributed by atoms with Crippen molar-refractivity contribution in [2.45, 2.75) is 11.8 Å². The monoisotopic (exact) mass is 464 g/mol. The van der Waals surface area contributed by atoms with Crippen LogP contribution in [0.25, 0.3) is 0 Å². The average Bonchev–Trinajstić information content (AvgIpc) is 2.39. The van der Waals surface area contributed by atoms with Crippen LogP contribution in [0, 0.1) is 12.7 Å². The fourth-order valence-electron chi connectivity index (χ4n) is 1.95. The summed E-state index contributed by atoms with van der Waals surface area (Å²) in [5, 5.41) is 0. The molecule has 1 nitrogen and oxygen atoms in total. The smallest absolute Gasteiger partial charge is 0.124 e. The first-order valence-corrected chi connectivity index (χ1v) is 8.36. The SMILES string of the molecule is COc1cc(C)c(Br)cc1C(Br)c1cc(F)cc(Br)c1. The lowest BCUT2D eigenvalue weighted by molar-refractivity contribution is 0.410. The molecule has 0 saturated carbocycles. The highest BCUT2D eigenvalue weighted by Crippen LogP contribution is 2.40. The molecule has 20 heavy (non-hydrogen) atoms. The summed E-state index contributed by atoms with van der Waals surface area (Å²) in [6.07, 6.45) is 0. The Hall–Kier alpha value is -0.390. The van der Waals surface area contributed by atoms with E-state index in [-0.39, 0.29) is 10.6 Å². The molecule has 2 rings (SSSR count). The van der Waals surface area contributed by atoms with Gasteiger partial charge in [-0.2, -0.15) is 0 Å². The number of alkyl halides is 1. The second-order valence-electron chi connectivity index (χ2n) is 4.41. The summed E-state index contributed by atoms with van der Waals surface area (Å²) in [4.78, 5) is -0.152. The maximum atomic E-state index is 13.5. The number of rotatable bonds is 3. The Balaban J connectivity index is 2.52. The van der Waals surface area contributed by atoms with E-state index in [0.717, 1.165) is 26.9 Å². The molecule has 0 saturated heterocycles. The van der Waals surface area contributed by atoms with E-state index >= 15 is 0 Å². The van der Waals surface area contributed by atoms with Crippen molar-refractivity contribution in [2.24, 2.45) is 0 Å². The molecule has 0 amide bonds. The minimum absolute atomic E-state index is 0.152. The summed E-state index contributed by atoms with van der Waals surface area (Å²) >= 11 is 10.5. The van der Waals surface area contributed by atoms with Gasteiger partial charge in [0.25, 0.3) is 0 Å². The van der Waals surface area contributed by atoms with E-state index in [1.165, 1.54) is 12.1 Å². The maximum absolute atomic E-state index is 13.5. The molecule has 106 valence electrons. The van der Waals surface area contributed by atoms with Gasteiger partial charge in [0.15, 0.2) is 0 Å². The second-order valence-corrected chi connectivity index (χ2v) is 7.09. The molecule has 0 aliphatic rings. The molecule has 0 aromatic heterocycles. The Bertz CT molecular complexity index is 623. The topological polar surface area (TPSA) is 9.23 Å². The first-order valence-electron chi connectivity index (χ1n) is 5.86. The first kappa shape index (κ1) is 16.0. The van der Waals surface area contributed by atoms with Crippen LogP contribution in [0.4, 0.5) is 4.39 Å². The van der Waals surface area contributed by atoms with Crippen molar-refractivity contribution in [2.75, 3.05) is 7.11 Å². The van der Waals surface area contributed by atoms with E-state index in [2.05, 4.69) is 47.8 Å². The van der Waals surface area contributed by atoms with Gasteiger partial charge in [-0.15, -0.1) is 0 Å². The number of halogens is 4. The Morgan fingerprint density at radius 2 is 1.80 bits per heavy atom. The van der Waals surface area contributed by atoms with Crippen LogP contribution in [0.1, 0.15) is 21.5 Å². The zero-order chi connectivity index (χ0) is 14.9. The summed E-state index contributed by atoms with van der Waals surface area (Å²) in [6.45, 7) is 2.00. The summed E-state index contributed by atoms with van der Waals surface area (Å²) in [5.74, 6) is 0.497. The van der Waals surface area contributed by atoms with Gasteiger partial charge in [0, 0.05) is 14.5 Å². The fraction of sp³-hybridized carbons (Fsp3) is 0.200. The number of hydrogen-bond acceptors (Lipinski definition) is 1. The molecule has 0 aliphatic heterocycles. The highest BCUT2D eigenvalue weighted by atomic mass is 79.9. The predicted molar refractivity (Wildman–Crippen MR) is 90.3 cm³/mol. The predicted octanol–water partition coefficient (Wildman–Crippen LogP) is 6.15. The molecule has 0 spiro atoms. The quantitative estimate of drug-likeness (QED) is 0.493. The summed E-state index contributed by atoms with van der Waals surface area (Å²) < 4.78 is 20.7. The normalized spacial score (nSPS) is 12.3. The van der Waals surface area contributed by atoms with E-state index in [1.807, 2.05) is 25.1 Å². The Labute approximate surface area is 142 Å². The van der Waals surface area contributed by atoms with Crippen LogP contribution < -0.4 is 4.74 Å². The molecule has 5 heteroatoms. The minimum atomic E-state index is -0.274. The number of benzene rings is 2. The van der Waals surface area contributed by atoms with E-state index in [1.54, 1.807) is 7.11 Å². The van der Waals surface area contributed by atoms with Crippen molar-refractivity contribution in [1.29, 1.82) is 0 Å². The summed E-state index contributed by atoms with van der Waals surface area (Å²) in [5.41, 5.74) is 2.86. The van der Waals surface area contributed by atoms with E-state index in [0.29, 0.717) is 4.47 Å². The molecule has 2 aromatic rings. The third-order valence-electron chi connectivity index (χ3n) is 2.96. The van der Waals surface area contributed by atoms with Crippen molar-refractivity contribution < 1.29 is 9.13 Å². The van der Waals surface area contributed by atoms with E-state index < -0.39 is 0 Å². The number of hydrogen-bond donors (Lipinski definition) is 0. The van der Waals surface area contributed by atoms with Crippen LogP contribution in [-0.4, -0.2) is 7.11 Å². The van der Waals surface area contributed by atoms with Crippen LogP contribution in [0.15, 0.2) is 39.3 Å². The van der Waals surface area contributed by atoms with Crippen LogP contribution in [0.2, 0.25) is 0 Å². The number of ether oxygens (including phenoxy) is 1. The van der Waals surface area contributed by atoms with Gasteiger partial charge in [-0.05, 0) is 48.4 Å². The summed E-state index contributed by atoms with van der Waals surface area (Å²) in [7, 11) is 1.63. The first-order chi connectivity index (χ1) is 9.42. The fourth-order valence-corrected chi connectivity index (χ4v) is 3.41. The lowest BCUT2D eigenvalue weighted by atomic mass is 10.0. The highest BCUT2D eigenvalue weighted by Gasteiger charge is 2.18. The van der Waals surface area contributed by atoms with Crippen LogP contribution >= 0.6 is 47.8 Å². The average molecular weight is 467 g/mol. The van der Waals surface area contributed by atoms with Crippen molar-refractivity contribution in [3.05, 3.63) is 61.8 Å². The lowest BCUT2D eigenvalue weighted by Crippen LogP contribution is -1.99. The van der Waals surface area contributed by atoms with Gasteiger partial charge in [-0.1, -0.05) is 47.8 Å². The van der Waals surface area contributed by atoms with Gasteiger partial charge < -0.3 is 4.74 Å². The van der Waals surface area contributed by atoms with Gasteiger partial charge in [0.1, 0.15) is 11.6 Å². The largest absolute Gasteiger partial charge is 0.496 e. The van der Waals surface area contributed by atoms with Crippen molar-refractivity contribution in [3.63, 3.8) is 0 Å². The third-order valence-corrected chi connectivity index (χ3v) is 5.30. The number of aryl methyl sites for hydroxylation is 1. The Kier molecular flexibility index (Phi) is 5.26. The van der Waals surface area contributed by atoms with Gasteiger partial charge >= 0.3 is 0 Å². The molecular formula is C15H12Br3FO. The van der Waals surface area contributed by atoms with Gasteiger partial charge in [-0.3, -0.25) is 0 Å². The second kappa shape index (κ2) is 6.58. The molecular weight excluding hydrogens is 455 g/mol. The number of methoxy groups -OCH3 is 1. The van der Waals surface area contributed by atoms with Crippen LogP contribution in [0.3, 0.4) is 0 Å². The molecule has 0 N–H and O–H groups in total. The molecule has 1 atom stereocenters. The zero-order valence-electron chi connectivity index (χ0n) is 10.9. The lowest BCUT2D eigenvalue weighted by Gasteiger charge is -2.17. The molecule has 1 unspecified atom stereocenters. The van der Waals surface area contributed by atoms with Crippen molar-refractivity contribution >= 4 is 47.8 Å². The highest BCUT2D eigenvalue weighted by molar-refractivity contribution is 9.11. The standard InChI is InChI=1S/C15H12Br3FO/c1-8-3-14(20-2)12(7-13(8)17)15(18)9-4-10(16)6-11(19)5-9/h3-7,15H,1-2H3. The molecule has 0 bridgehead atoms. The Morgan fingerprint density at radius 1 is 1.10 bits per heavy atom. The molecule has 0 aliphatic carbocycles. The van der Waals surface area contributed by atoms with Crippen molar-refractivity contribution in [1.82, 2.24) is 0 Å². The van der Waals surface area contributed by atoms with Crippen molar-refractivity contribution in [3.8, 4) is 5.75 Å².